The molecule has 1 saturated heterocycles. The van der Waals surface area contributed by atoms with E-state index in [1.807, 2.05) is 18.2 Å². The molecular weight excluding hydrogens is 262 g/mol. The average molecular weight is 283 g/mol. The molecule has 2 heterocycles. The molecule has 4 nitrogen and oxygen atoms in total. The summed E-state index contributed by atoms with van der Waals surface area (Å²) in [5, 5.41) is 0. The molecule has 3 rings (SSSR count). The summed E-state index contributed by atoms with van der Waals surface area (Å²) in [4.78, 5) is 11.6. The van der Waals surface area contributed by atoms with Crippen LogP contribution in [-0.4, -0.2) is 42.1 Å². The first-order chi connectivity index (χ1) is 10.3. The van der Waals surface area contributed by atoms with Crippen LogP contribution in [0.25, 0.3) is 11.3 Å². The Kier molecular flexibility index (Phi) is 4.15. The minimum absolute atomic E-state index is 0.457. The Labute approximate surface area is 125 Å². The van der Waals surface area contributed by atoms with Crippen molar-refractivity contribution in [2.45, 2.75) is 18.8 Å². The highest BCUT2D eigenvalue weighted by molar-refractivity contribution is 5.64. The van der Waals surface area contributed by atoms with Crippen molar-refractivity contribution in [1.29, 1.82) is 0 Å². The van der Waals surface area contributed by atoms with E-state index in [0.29, 0.717) is 5.92 Å². The predicted octanol–water partition coefficient (Wildman–Crippen LogP) is 2.96. The molecule has 1 fully saturated rings. The molecule has 1 aliphatic heterocycles. The van der Waals surface area contributed by atoms with Crippen LogP contribution in [0.5, 0.6) is 5.75 Å². The zero-order valence-electron chi connectivity index (χ0n) is 12.6. The molecule has 1 aromatic heterocycles. The zero-order valence-corrected chi connectivity index (χ0v) is 12.6. The summed E-state index contributed by atoms with van der Waals surface area (Å²) in [6.07, 6.45) is 5.97. The van der Waals surface area contributed by atoms with E-state index in [-0.39, 0.29) is 0 Å². The highest BCUT2D eigenvalue weighted by Crippen LogP contribution is 2.32. The molecule has 0 aliphatic carbocycles. The van der Waals surface area contributed by atoms with Gasteiger partial charge in [0.1, 0.15) is 5.75 Å². The van der Waals surface area contributed by atoms with E-state index in [1.165, 1.54) is 19.4 Å². The normalized spacial score (nSPS) is 19.4. The molecular formula is C17H21N3O. The number of piperidine rings is 1. The number of nitrogens with zero attached hydrogens (tertiary/aromatic N) is 3. The smallest absolute Gasteiger partial charge is 0.119 e. The highest BCUT2D eigenvalue weighted by Gasteiger charge is 2.23. The Bertz CT molecular complexity index is 614. The summed E-state index contributed by atoms with van der Waals surface area (Å²) in [7, 11) is 3.86. The van der Waals surface area contributed by atoms with E-state index in [4.69, 9.17) is 4.74 Å². The molecule has 0 N–H and O–H groups in total. The highest BCUT2D eigenvalue weighted by atomic mass is 16.5. The number of hydrogen-bond acceptors (Lipinski definition) is 4. The number of hydrogen-bond donors (Lipinski definition) is 0. The third-order valence-corrected chi connectivity index (χ3v) is 4.08. The fourth-order valence-corrected chi connectivity index (χ4v) is 3.03. The van der Waals surface area contributed by atoms with Crippen molar-refractivity contribution in [3.05, 3.63) is 42.4 Å². The molecule has 0 bridgehead atoms. The predicted molar refractivity (Wildman–Crippen MR) is 83.5 cm³/mol. The van der Waals surface area contributed by atoms with Crippen LogP contribution in [0, 0.1) is 0 Å². The topological polar surface area (TPSA) is 38.3 Å². The lowest BCUT2D eigenvalue weighted by atomic mass is 9.92. The van der Waals surface area contributed by atoms with Gasteiger partial charge in [-0.3, -0.25) is 9.97 Å². The molecule has 2 aromatic rings. The van der Waals surface area contributed by atoms with Gasteiger partial charge in [0.25, 0.3) is 0 Å². The largest absolute Gasteiger partial charge is 0.497 e. The molecule has 0 unspecified atom stereocenters. The number of ether oxygens (including phenoxy) is 1. The molecule has 0 radical (unpaired) electrons. The lowest BCUT2D eigenvalue weighted by molar-refractivity contribution is 0.248. The molecule has 0 spiro atoms. The van der Waals surface area contributed by atoms with E-state index in [1.54, 1.807) is 19.5 Å². The number of methoxy groups -OCH3 is 1. The monoisotopic (exact) mass is 283 g/mol. The fraction of sp³-hybridized carbons (Fsp3) is 0.412. The lowest BCUT2D eigenvalue weighted by Gasteiger charge is -2.30. The van der Waals surface area contributed by atoms with Gasteiger partial charge in [0.15, 0.2) is 0 Å². The van der Waals surface area contributed by atoms with Gasteiger partial charge in [-0.25, -0.2) is 0 Å². The SMILES string of the molecule is COc1cccc(-c2nccnc2[C@H]2CCCN(C)C2)c1. The van der Waals surface area contributed by atoms with Crippen LogP contribution in [0.4, 0.5) is 0 Å². The summed E-state index contributed by atoms with van der Waals surface area (Å²) in [6.45, 7) is 2.22. The van der Waals surface area contributed by atoms with Crippen LogP contribution in [0.2, 0.25) is 0 Å². The summed E-state index contributed by atoms with van der Waals surface area (Å²) in [6, 6.07) is 8.05. The van der Waals surface area contributed by atoms with Crippen LogP contribution >= 0.6 is 0 Å². The summed E-state index contributed by atoms with van der Waals surface area (Å²) >= 11 is 0. The fourth-order valence-electron chi connectivity index (χ4n) is 3.03. The molecule has 1 aliphatic rings. The number of likely N-dealkylation sites (tertiary alicyclic amines) is 1. The van der Waals surface area contributed by atoms with Crippen molar-refractivity contribution in [2.75, 3.05) is 27.2 Å². The first-order valence-corrected chi connectivity index (χ1v) is 7.42. The molecule has 0 amide bonds. The number of rotatable bonds is 3. The van der Waals surface area contributed by atoms with Crippen molar-refractivity contribution < 1.29 is 4.74 Å². The van der Waals surface area contributed by atoms with Crippen molar-refractivity contribution in [3.8, 4) is 17.0 Å². The van der Waals surface area contributed by atoms with Gasteiger partial charge in [0, 0.05) is 30.4 Å². The van der Waals surface area contributed by atoms with Gasteiger partial charge in [0.05, 0.1) is 18.5 Å². The summed E-state index contributed by atoms with van der Waals surface area (Å²) in [5.74, 6) is 1.31. The lowest BCUT2D eigenvalue weighted by Crippen LogP contribution is -2.31. The average Bonchev–Trinajstić information content (AvgIpc) is 2.55. The second-order valence-corrected chi connectivity index (χ2v) is 5.62. The standard InChI is InChI=1S/C17H21N3O/c1-20-10-4-6-14(12-20)17-16(18-8-9-19-17)13-5-3-7-15(11-13)21-2/h3,5,7-9,11,14H,4,6,10,12H2,1-2H3/t14-/m0/s1. The van der Waals surface area contributed by atoms with Gasteiger partial charge in [-0.05, 0) is 38.6 Å². The molecule has 1 atom stereocenters. The Morgan fingerprint density at radius 2 is 2.10 bits per heavy atom. The molecule has 110 valence electrons. The quantitative estimate of drug-likeness (QED) is 0.868. The van der Waals surface area contributed by atoms with Crippen molar-refractivity contribution >= 4 is 0 Å². The van der Waals surface area contributed by atoms with Gasteiger partial charge in [-0.1, -0.05) is 12.1 Å². The minimum atomic E-state index is 0.457. The zero-order chi connectivity index (χ0) is 14.7. The van der Waals surface area contributed by atoms with Crippen molar-refractivity contribution in [3.63, 3.8) is 0 Å². The summed E-state index contributed by atoms with van der Waals surface area (Å²) < 4.78 is 5.32. The Morgan fingerprint density at radius 3 is 2.90 bits per heavy atom. The molecule has 4 heteroatoms. The first-order valence-electron chi connectivity index (χ1n) is 7.42. The van der Waals surface area contributed by atoms with Crippen LogP contribution < -0.4 is 4.74 Å². The van der Waals surface area contributed by atoms with Gasteiger partial charge in [-0.2, -0.15) is 0 Å². The molecule has 21 heavy (non-hydrogen) atoms. The summed E-state index contributed by atoms with van der Waals surface area (Å²) in [5.41, 5.74) is 3.17. The maximum atomic E-state index is 5.32. The van der Waals surface area contributed by atoms with Gasteiger partial charge in [0.2, 0.25) is 0 Å². The van der Waals surface area contributed by atoms with E-state index in [2.05, 4.69) is 28.0 Å². The maximum absolute atomic E-state index is 5.32. The van der Waals surface area contributed by atoms with E-state index in [0.717, 1.165) is 29.2 Å². The Hall–Kier alpha value is -1.94. The first kappa shape index (κ1) is 14.0. The van der Waals surface area contributed by atoms with E-state index < -0.39 is 0 Å². The van der Waals surface area contributed by atoms with Crippen molar-refractivity contribution in [1.82, 2.24) is 14.9 Å². The third-order valence-electron chi connectivity index (χ3n) is 4.08. The van der Waals surface area contributed by atoms with E-state index in [9.17, 15) is 0 Å². The maximum Gasteiger partial charge on any atom is 0.119 e. The molecule has 0 saturated carbocycles. The second-order valence-electron chi connectivity index (χ2n) is 5.62. The minimum Gasteiger partial charge on any atom is -0.497 e. The third kappa shape index (κ3) is 3.05. The van der Waals surface area contributed by atoms with Crippen LogP contribution in [0.3, 0.4) is 0 Å². The van der Waals surface area contributed by atoms with Gasteiger partial charge in [-0.15, -0.1) is 0 Å². The number of aromatic nitrogens is 2. The van der Waals surface area contributed by atoms with Crippen LogP contribution in [-0.2, 0) is 0 Å². The second kappa shape index (κ2) is 6.22. The number of likely N-dealkylation sites (N-methyl/N-ethyl adjacent to an activating group) is 1. The Morgan fingerprint density at radius 1 is 1.24 bits per heavy atom. The van der Waals surface area contributed by atoms with E-state index >= 15 is 0 Å². The Balaban J connectivity index is 1.98. The van der Waals surface area contributed by atoms with Crippen molar-refractivity contribution in [2.24, 2.45) is 0 Å². The van der Waals surface area contributed by atoms with Crippen LogP contribution in [0.1, 0.15) is 24.5 Å². The number of benzene rings is 1. The van der Waals surface area contributed by atoms with Crippen LogP contribution in [0.15, 0.2) is 36.7 Å². The van der Waals surface area contributed by atoms with Gasteiger partial charge < -0.3 is 9.64 Å². The van der Waals surface area contributed by atoms with Gasteiger partial charge >= 0.3 is 0 Å². The molecule has 1 aromatic carbocycles.